The minimum absolute atomic E-state index is 0.0710. The van der Waals surface area contributed by atoms with Crippen molar-refractivity contribution < 1.29 is 9.13 Å². The van der Waals surface area contributed by atoms with Crippen LogP contribution in [0.3, 0.4) is 0 Å². The van der Waals surface area contributed by atoms with Gasteiger partial charge in [0.25, 0.3) is 0 Å². The lowest BCUT2D eigenvalue weighted by Gasteiger charge is -2.37. The summed E-state index contributed by atoms with van der Waals surface area (Å²) < 4.78 is 19.9. The Morgan fingerprint density at radius 1 is 0.906 bits per heavy atom. The van der Waals surface area contributed by atoms with Gasteiger partial charge in [0.15, 0.2) is 0 Å². The van der Waals surface area contributed by atoms with E-state index in [1.165, 1.54) is 11.6 Å². The first kappa shape index (κ1) is 22.9. The molecule has 3 aromatic rings. The lowest BCUT2D eigenvalue weighted by molar-refractivity contribution is 0.159. The van der Waals surface area contributed by atoms with Crippen LogP contribution in [0, 0.1) is 12.7 Å². The number of rotatable bonds is 7. The highest BCUT2D eigenvalue weighted by atomic mass is 35.5. The molecule has 32 heavy (non-hydrogen) atoms. The number of hydrogen-bond donors (Lipinski definition) is 0. The number of ether oxygens (including phenoxy) is 1. The van der Waals surface area contributed by atoms with E-state index in [9.17, 15) is 4.39 Å². The van der Waals surface area contributed by atoms with Gasteiger partial charge in [0.05, 0.1) is 15.7 Å². The maximum Gasteiger partial charge on any atom is 0.142 e. The second kappa shape index (κ2) is 10.6. The Morgan fingerprint density at radius 2 is 1.62 bits per heavy atom. The topological polar surface area (TPSA) is 15.7 Å². The van der Waals surface area contributed by atoms with Crippen molar-refractivity contribution in [3.63, 3.8) is 0 Å². The van der Waals surface area contributed by atoms with E-state index in [0.717, 1.165) is 55.4 Å². The molecule has 0 aromatic heterocycles. The van der Waals surface area contributed by atoms with Gasteiger partial charge in [-0.05, 0) is 42.3 Å². The Balaban J connectivity index is 1.41. The van der Waals surface area contributed by atoms with Gasteiger partial charge in [-0.25, -0.2) is 4.39 Å². The molecule has 3 aromatic carbocycles. The lowest BCUT2D eigenvalue weighted by Crippen LogP contribution is -2.47. The molecule has 1 fully saturated rings. The third-order valence-corrected chi connectivity index (χ3v) is 6.59. The molecule has 0 radical (unpaired) electrons. The van der Waals surface area contributed by atoms with Crippen molar-refractivity contribution in [3.8, 4) is 5.75 Å². The van der Waals surface area contributed by atoms with Crippen LogP contribution < -0.4 is 9.64 Å². The number of aryl methyl sites for hydroxylation is 1. The standard InChI is InChI=1S/C26H27Cl2FN2O/c1-19-6-2-3-7-21(19)26(32-20-10-11-24(29)23(28)18-20)12-13-30-14-16-31(17-15-30)25-9-5-4-8-22(25)27/h2-11,18,26H,12-17H2,1H3/t26-/m1/s1. The van der Waals surface area contributed by atoms with Gasteiger partial charge in [-0.3, -0.25) is 4.90 Å². The Morgan fingerprint density at radius 3 is 2.34 bits per heavy atom. The summed E-state index contributed by atoms with van der Waals surface area (Å²) in [7, 11) is 0. The minimum atomic E-state index is -0.442. The van der Waals surface area contributed by atoms with Crippen LogP contribution >= 0.6 is 23.2 Å². The Labute approximate surface area is 199 Å². The molecule has 0 aliphatic carbocycles. The Kier molecular flexibility index (Phi) is 7.56. The van der Waals surface area contributed by atoms with E-state index in [4.69, 9.17) is 27.9 Å². The van der Waals surface area contributed by atoms with Crippen LogP contribution in [0.1, 0.15) is 23.7 Å². The normalized spacial score (nSPS) is 15.6. The average molecular weight is 473 g/mol. The number of hydrogen-bond acceptors (Lipinski definition) is 3. The molecule has 3 nitrogen and oxygen atoms in total. The van der Waals surface area contributed by atoms with Crippen molar-refractivity contribution in [2.45, 2.75) is 19.4 Å². The molecular formula is C26H27Cl2FN2O. The monoisotopic (exact) mass is 472 g/mol. The van der Waals surface area contributed by atoms with Crippen molar-refractivity contribution >= 4 is 28.9 Å². The molecule has 6 heteroatoms. The first-order valence-corrected chi connectivity index (χ1v) is 11.7. The highest BCUT2D eigenvalue weighted by Crippen LogP contribution is 2.30. The summed E-state index contributed by atoms with van der Waals surface area (Å²) in [6.45, 7) is 6.80. The Hall–Kier alpha value is -2.27. The predicted molar refractivity (Wildman–Crippen MR) is 131 cm³/mol. The summed E-state index contributed by atoms with van der Waals surface area (Å²) in [5.74, 6) is 0.135. The zero-order valence-corrected chi connectivity index (χ0v) is 19.6. The molecule has 1 heterocycles. The zero-order chi connectivity index (χ0) is 22.5. The third kappa shape index (κ3) is 5.55. The van der Waals surface area contributed by atoms with Gasteiger partial charge in [-0.15, -0.1) is 0 Å². The molecule has 0 amide bonds. The molecular weight excluding hydrogens is 446 g/mol. The molecule has 0 spiro atoms. The molecule has 0 unspecified atom stereocenters. The van der Waals surface area contributed by atoms with Crippen LogP contribution in [0.25, 0.3) is 0 Å². The average Bonchev–Trinajstić information content (AvgIpc) is 2.80. The van der Waals surface area contributed by atoms with Crippen molar-refractivity contribution in [2.75, 3.05) is 37.6 Å². The van der Waals surface area contributed by atoms with E-state index in [1.54, 1.807) is 12.1 Å². The van der Waals surface area contributed by atoms with Crippen LogP contribution in [-0.2, 0) is 0 Å². The first-order chi connectivity index (χ1) is 15.5. The molecule has 1 aliphatic rings. The van der Waals surface area contributed by atoms with Gasteiger partial charge >= 0.3 is 0 Å². The maximum absolute atomic E-state index is 13.6. The molecule has 168 valence electrons. The molecule has 0 N–H and O–H groups in total. The molecule has 1 atom stereocenters. The summed E-state index contributed by atoms with van der Waals surface area (Å²) in [5.41, 5.74) is 3.42. The van der Waals surface area contributed by atoms with Gasteiger partial charge in [0.1, 0.15) is 17.7 Å². The highest BCUT2D eigenvalue weighted by molar-refractivity contribution is 6.33. The van der Waals surface area contributed by atoms with Gasteiger partial charge in [-0.2, -0.15) is 0 Å². The Bertz CT molecular complexity index is 1050. The molecule has 0 saturated carbocycles. The van der Waals surface area contributed by atoms with Crippen molar-refractivity contribution in [1.82, 2.24) is 4.90 Å². The van der Waals surface area contributed by atoms with Crippen LogP contribution in [-0.4, -0.2) is 37.6 Å². The second-order valence-electron chi connectivity index (χ2n) is 8.11. The lowest BCUT2D eigenvalue weighted by atomic mass is 10.0. The zero-order valence-electron chi connectivity index (χ0n) is 18.1. The van der Waals surface area contributed by atoms with Gasteiger partial charge in [0, 0.05) is 45.2 Å². The number of nitrogens with zero attached hydrogens (tertiary/aromatic N) is 2. The molecule has 1 aliphatic heterocycles. The fraction of sp³-hybridized carbons (Fsp3) is 0.308. The van der Waals surface area contributed by atoms with Crippen LogP contribution in [0.15, 0.2) is 66.7 Å². The summed E-state index contributed by atoms with van der Waals surface area (Å²) in [6, 6.07) is 20.8. The summed E-state index contributed by atoms with van der Waals surface area (Å²) in [5, 5.41) is 0.869. The van der Waals surface area contributed by atoms with Crippen molar-refractivity contribution in [1.29, 1.82) is 0 Å². The predicted octanol–water partition coefficient (Wildman–Crippen LogP) is 6.77. The number of anilines is 1. The number of benzene rings is 3. The fourth-order valence-electron chi connectivity index (χ4n) is 4.16. The number of halogens is 3. The number of piperazine rings is 1. The summed E-state index contributed by atoms with van der Waals surface area (Å²) in [6.07, 6.45) is 0.686. The molecule has 0 bridgehead atoms. The van der Waals surface area contributed by atoms with Gasteiger partial charge in [0.2, 0.25) is 0 Å². The van der Waals surface area contributed by atoms with E-state index < -0.39 is 5.82 Å². The molecule has 4 rings (SSSR count). The highest BCUT2D eigenvalue weighted by Gasteiger charge is 2.22. The van der Waals surface area contributed by atoms with Crippen molar-refractivity contribution in [3.05, 3.63) is 93.7 Å². The van der Waals surface area contributed by atoms with E-state index in [-0.39, 0.29) is 11.1 Å². The largest absolute Gasteiger partial charge is 0.486 e. The smallest absolute Gasteiger partial charge is 0.142 e. The third-order valence-electron chi connectivity index (χ3n) is 5.98. The fourth-order valence-corrected chi connectivity index (χ4v) is 4.59. The van der Waals surface area contributed by atoms with Gasteiger partial charge in [-0.1, -0.05) is 59.6 Å². The van der Waals surface area contributed by atoms with Crippen LogP contribution in [0.5, 0.6) is 5.75 Å². The van der Waals surface area contributed by atoms with Crippen molar-refractivity contribution in [2.24, 2.45) is 0 Å². The minimum Gasteiger partial charge on any atom is -0.486 e. The second-order valence-corrected chi connectivity index (χ2v) is 8.92. The van der Waals surface area contributed by atoms with E-state index in [0.29, 0.717) is 5.75 Å². The summed E-state index contributed by atoms with van der Waals surface area (Å²) in [4.78, 5) is 4.80. The SMILES string of the molecule is Cc1ccccc1[C@@H](CCN1CCN(c2ccccc2Cl)CC1)Oc1ccc(F)c(Cl)c1. The van der Waals surface area contributed by atoms with E-state index in [1.807, 2.05) is 30.3 Å². The first-order valence-electron chi connectivity index (χ1n) is 10.9. The van der Waals surface area contributed by atoms with Crippen LogP contribution in [0.2, 0.25) is 10.0 Å². The summed E-state index contributed by atoms with van der Waals surface area (Å²) >= 11 is 12.3. The number of para-hydroxylation sites is 1. The quantitative estimate of drug-likeness (QED) is 0.377. The van der Waals surface area contributed by atoms with Gasteiger partial charge < -0.3 is 9.64 Å². The van der Waals surface area contributed by atoms with Crippen LogP contribution in [0.4, 0.5) is 10.1 Å². The van der Waals surface area contributed by atoms with E-state index in [2.05, 4.69) is 34.9 Å². The van der Waals surface area contributed by atoms with E-state index >= 15 is 0 Å². The molecule has 1 saturated heterocycles. The maximum atomic E-state index is 13.6.